The summed E-state index contributed by atoms with van der Waals surface area (Å²) in [4.78, 5) is 9.92. The molecule has 1 aromatic carbocycles. The third-order valence-electron chi connectivity index (χ3n) is 3.69. The highest BCUT2D eigenvalue weighted by Gasteiger charge is 2.04. The second-order valence-corrected chi connectivity index (χ2v) is 7.11. The van der Waals surface area contributed by atoms with Crippen LogP contribution in [-0.2, 0) is 24.3 Å². The lowest BCUT2D eigenvalue weighted by atomic mass is 10.1. The molecule has 0 aliphatic heterocycles. The number of aliphatic imine (C=N–C) groups is 1. The molecular weight excluding hydrogens is 459 g/mol. The first-order valence-electron chi connectivity index (χ1n) is 8.73. The van der Waals surface area contributed by atoms with Crippen molar-refractivity contribution in [2.45, 2.75) is 39.8 Å². The highest BCUT2D eigenvalue weighted by atomic mass is 127. The van der Waals surface area contributed by atoms with Crippen molar-refractivity contribution in [1.82, 2.24) is 15.6 Å². The van der Waals surface area contributed by atoms with Gasteiger partial charge in [-0.25, -0.2) is 4.98 Å². The van der Waals surface area contributed by atoms with Crippen LogP contribution in [0.3, 0.4) is 0 Å². The molecule has 0 saturated carbocycles. The molecule has 26 heavy (non-hydrogen) atoms. The summed E-state index contributed by atoms with van der Waals surface area (Å²) in [6, 6.07) is 8.36. The number of ether oxygens (including phenoxy) is 1. The fraction of sp³-hybridized carbons (Fsp3) is 0.474. The average molecular weight is 488 g/mol. The maximum Gasteiger partial charge on any atom is 0.191 e. The van der Waals surface area contributed by atoms with Crippen LogP contribution in [0.15, 0.2) is 35.5 Å². The summed E-state index contributed by atoms with van der Waals surface area (Å²) in [5.74, 6) is 0.803. The molecule has 0 unspecified atom stereocenters. The smallest absolute Gasteiger partial charge is 0.191 e. The number of guanidine groups is 1. The number of rotatable bonds is 9. The lowest BCUT2D eigenvalue weighted by Gasteiger charge is -2.14. The number of hydrogen-bond donors (Lipinski definition) is 2. The number of aromatic nitrogens is 1. The minimum Gasteiger partial charge on any atom is -0.377 e. The molecule has 2 aromatic rings. The predicted molar refractivity (Wildman–Crippen MR) is 121 cm³/mol. The van der Waals surface area contributed by atoms with Crippen LogP contribution >= 0.6 is 35.3 Å². The number of aryl methyl sites for hydroxylation is 1. The van der Waals surface area contributed by atoms with Crippen LogP contribution in [-0.4, -0.2) is 31.1 Å². The maximum atomic E-state index is 5.68. The SMILES string of the molecule is CCCOCc1ccccc1CNC(=NC)NCCc1ncc(C)s1.I. The number of thiazole rings is 1. The fourth-order valence-corrected chi connectivity index (χ4v) is 3.19. The zero-order valence-corrected chi connectivity index (χ0v) is 18.9. The highest BCUT2D eigenvalue weighted by Crippen LogP contribution is 2.11. The van der Waals surface area contributed by atoms with Gasteiger partial charge in [0, 0.05) is 44.2 Å². The monoisotopic (exact) mass is 488 g/mol. The van der Waals surface area contributed by atoms with Gasteiger partial charge in [-0.05, 0) is 24.5 Å². The molecule has 0 amide bonds. The molecule has 0 aliphatic rings. The molecule has 0 fully saturated rings. The zero-order valence-electron chi connectivity index (χ0n) is 15.7. The van der Waals surface area contributed by atoms with Crippen LogP contribution in [0.1, 0.15) is 34.4 Å². The van der Waals surface area contributed by atoms with Crippen molar-refractivity contribution in [3.63, 3.8) is 0 Å². The molecule has 0 bridgehead atoms. The number of halogens is 1. The van der Waals surface area contributed by atoms with E-state index in [1.807, 2.05) is 6.20 Å². The van der Waals surface area contributed by atoms with Gasteiger partial charge < -0.3 is 15.4 Å². The fourth-order valence-electron chi connectivity index (χ4n) is 2.40. The van der Waals surface area contributed by atoms with Crippen molar-refractivity contribution in [1.29, 1.82) is 0 Å². The number of nitrogens with zero attached hydrogens (tertiary/aromatic N) is 2. The Morgan fingerprint density at radius 2 is 2.00 bits per heavy atom. The van der Waals surface area contributed by atoms with Crippen LogP contribution in [0.2, 0.25) is 0 Å². The van der Waals surface area contributed by atoms with Gasteiger partial charge in [0.15, 0.2) is 5.96 Å². The molecule has 5 nitrogen and oxygen atoms in total. The summed E-state index contributed by atoms with van der Waals surface area (Å²) >= 11 is 1.74. The van der Waals surface area contributed by atoms with E-state index in [2.05, 4.69) is 58.7 Å². The van der Waals surface area contributed by atoms with E-state index in [1.54, 1.807) is 18.4 Å². The van der Waals surface area contributed by atoms with E-state index in [1.165, 1.54) is 16.0 Å². The molecule has 1 heterocycles. The molecule has 144 valence electrons. The Morgan fingerprint density at radius 1 is 1.23 bits per heavy atom. The lowest BCUT2D eigenvalue weighted by molar-refractivity contribution is 0.121. The van der Waals surface area contributed by atoms with Gasteiger partial charge in [-0.3, -0.25) is 4.99 Å². The summed E-state index contributed by atoms with van der Waals surface area (Å²) in [5.41, 5.74) is 2.45. The summed E-state index contributed by atoms with van der Waals surface area (Å²) in [6.45, 7) is 7.19. The van der Waals surface area contributed by atoms with Crippen molar-refractivity contribution in [2.75, 3.05) is 20.2 Å². The highest BCUT2D eigenvalue weighted by molar-refractivity contribution is 14.0. The summed E-state index contributed by atoms with van der Waals surface area (Å²) in [7, 11) is 1.79. The van der Waals surface area contributed by atoms with Gasteiger partial charge in [0.2, 0.25) is 0 Å². The Morgan fingerprint density at radius 3 is 2.65 bits per heavy atom. The Balaban J connectivity index is 0.00000338. The lowest BCUT2D eigenvalue weighted by Crippen LogP contribution is -2.38. The van der Waals surface area contributed by atoms with E-state index in [0.717, 1.165) is 43.5 Å². The Hall–Kier alpha value is -1.19. The quantitative estimate of drug-likeness (QED) is 0.243. The molecular formula is C19H29IN4OS. The first kappa shape index (κ1) is 22.9. The van der Waals surface area contributed by atoms with Gasteiger partial charge in [-0.2, -0.15) is 0 Å². The number of nitrogens with one attached hydrogen (secondary N) is 2. The molecule has 2 N–H and O–H groups in total. The third-order valence-corrected chi connectivity index (χ3v) is 4.67. The molecule has 0 radical (unpaired) electrons. The van der Waals surface area contributed by atoms with E-state index in [9.17, 15) is 0 Å². The van der Waals surface area contributed by atoms with Crippen LogP contribution < -0.4 is 10.6 Å². The molecule has 0 spiro atoms. The minimum absolute atomic E-state index is 0. The third kappa shape index (κ3) is 8.01. The largest absolute Gasteiger partial charge is 0.377 e. The van der Waals surface area contributed by atoms with Crippen molar-refractivity contribution >= 4 is 41.3 Å². The Kier molecular flexibility index (Phi) is 11.5. The Labute approximate surface area is 177 Å². The van der Waals surface area contributed by atoms with Crippen molar-refractivity contribution in [3.8, 4) is 0 Å². The first-order chi connectivity index (χ1) is 12.2. The zero-order chi connectivity index (χ0) is 17.9. The first-order valence-corrected chi connectivity index (χ1v) is 9.55. The molecule has 2 rings (SSSR count). The van der Waals surface area contributed by atoms with Gasteiger partial charge in [-0.1, -0.05) is 31.2 Å². The van der Waals surface area contributed by atoms with Crippen molar-refractivity contribution in [3.05, 3.63) is 51.5 Å². The van der Waals surface area contributed by atoms with Gasteiger partial charge >= 0.3 is 0 Å². The van der Waals surface area contributed by atoms with Gasteiger partial charge in [0.1, 0.15) is 0 Å². The van der Waals surface area contributed by atoms with Gasteiger partial charge in [0.05, 0.1) is 11.6 Å². The summed E-state index contributed by atoms with van der Waals surface area (Å²) in [6.07, 6.45) is 3.86. The molecule has 7 heteroatoms. The number of benzene rings is 1. The van der Waals surface area contributed by atoms with E-state index < -0.39 is 0 Å². The molecule has 0 atom stereocenters. The van der Waals surface area contributed by atoms with Crippen LogP contribution in [0, 0.1) is 6.92 Å². The second-order valence-electron chi connectivity index (χ2n) is 5.79. The van der Waals surface area contributed by atoms with E-state index >= 15 is 0 Å². The van der Waals surface area contributed by atoms with E-state index in [4.69, 9.17) is 4.74 Å². The van der Waals surface area contributed by atoms with Gasteiger partial charge in [0.25, 0.3) is 0 Å². The van der Waals surface area contributed by atoms with E-state index in [0.29, 0.717) is 6.61 Å². The van der Waals surface area contributed by atoms with Crippen LogP contribution in [0.25, 0.3) is 0 Å². The molecule has 0 saturated heterocycles. The van der Waals surface area contributed by atoms with Crippen LogP contribution in [0.4, 0.5) is 0 Å². The predicted octanol–water partition coefficient (Wildman–Crippen LogP) is 3.90. The van der Waals surface area contributed by atoms with Crippen LogP contribution in [0.5, 0.6) is 0 Å². The average Bonchev–Trinajstić information content (AvgIpc) is 3.04. The van der Waals surface area contributed by atoms with Gasteiger partial charge in [-0.15, -0.1) is 35.3 Å². The second kappa shape index (κ2) is 13.1. The Bertz CT molecular complexity index is 675. The molecule has 1 aromatic heterocycles. The normalized spacial score (nSPS) is 11.1. The maximum absolute atomic E-state index is 5.68. The van der Waals surface area contributed by atoms with Crippen molar-refractivity contribution in [2.24, 2.45) is 4.99 Å². The summed E-state index contributed by atoms with van der Waals surface area (Å²) in [5, 5.41) is 7.87. The number of hydrogen-bond acceptors (Lipinski definition) is 4. The molecule has 0 aliphatic carbocycles. The van der Waals surface area contributed by atoms with Crippen molar-refractivity contribution < 1.29 is 4.74 Å². The minimum atomic E-state index is 0. The standard InChI is InChI=1S/C19H28N4OS.HI/c1-4-11-24-14-17-8-6-5-7-16(17)13-23-19(20-3)21-10-9-18-22-12-15(2)25-18;/h5-8,12H,4,9-11,13-14H2,1-3H3,(H2,20,21,23);1H. The topological polar surface area (TPSA) is 58.5 Å². The summed E-state index contributed by atoms with van der Waals surface area (Å²) < 4.78 is 5.68. The van der Waals surface area contributed by atoms with E-state index in [-0.39, 0.29) is 24.0 Å².